The molecule has 1 saturated heterocycles. The Morgan fingerprint density at radius 2 is 1.90 bits per heavy atom. The molecule has 3 heterocycles. The summed E-state index contributed by atoms with van der Waals surface area (Å²) in [5.41, 5.74) is 6.12. The Morgan fingerprint density at radius 1 is 1.10 bits per heavy atom. The summed E-state index contributed by atoms with van der Waals surface area (Å²) >= 11 is 0. The number of hydrogen-bond donors (Lipinski definition) is 7. The maximum absolute atomic E-state index is 12.9. The van der Waals surface area contributed by atoms with Crippen LogP contribution in [0.3, 0.4) is 0 Å². The molecule has 2 aliphatic heterocycles. The molecular formula is C27H40N10O3. The lowest BCUT2D eigenvalue weighted by molar-refractivity contribution is 0.0947. The largest absolute Gasteiger partial charge is 0.450 e. The van der Waals surface area contributed by atoms with Gasteiger partial charge in [-0.3, -0.25) is 19.7 Å². The minimum atomic E-state index is -0.313. The number of aromatic nitrogens is 2. The Kier molecular flexibility index (Phi) is 9.14. The second-order valence-electron chi connectivity index (χ2n) is 10.6. The van der Waals surface area contributed by atoms with E-state index in [0.29, 0.717) is 47.7 Å². The Bertz CT molecular complexity index is 1250. The molecule has 1 aromatic carbocycles. The molecule has 0 spiro atoms. The highest BCUT2D eigenvalue weighted by Gasteiger charge is 2.26. The third kappa shape index (κ3) is 7.09. The summed E-state index contributed by atoms with van der Waals surface area (Å²) < 4.78 is 7.80. The molecule has 1 amide bonds. The van der Waals surface area contributed by atoms with Gasteiger partial charge in [-0.25, -0.2) is 4.79 Å². The van der Waals surface area contributed by atoms with E-state index in [4.69, 9.17) is 15.9 Å². The van der Waals surface area contributed by atoms with Crippen molar-refractivity contribution in [1.82, 2.24) is 35.7 Å². The number of guanidine groups is 1. The summed E-state index contributed by atoms with van der Waals surface area (Å²) in [5.74, 6) is 1.30. The monoisotopic (exact) mass is 552 g/mol. The molecule has 1 aromatic heterocycles. The van der Waals surface area contributed by atoms with E-state index in [-0.39, 0.29) is 23.6 Å². The normalized spacial score (nSPS) is 20.4. The first-order valence-corrected chi connectivity index (χ1v) is 14.2. The third-order valence-electron chi connectivity index (χ3n) is 7.75. The highest BCUT2D eigenvalue weighted by Crippen LogP contribution is 2.41. The molecule has 216 valence electrons. The van der Waals surface area contributed by atoms with Gasteiger partial charge in [-0.1, -0.05) is 0 Å². The van der Waals surface area contributed by atoms with Crippen molar-refractivity contribution < 1.29 is 9.53 Å². The molecule has 2 fully saturated rings. The van der Waals surface area contributed by atoms with Gasteiger partial charge in [0.15, 0.2) is 23.3 Å². The number of anilines is 2. The van der Waals surface area contributed by atoms with Gasteiger partial charge in [0.25, 0.3) is 5.91 Å². The fourth-order valence-corrected chi connectivity index (χ4v) is 5.52. The van der Waals surface area contributed by atoms with Crippen molar-refractivity contribution in [2.24, 2.45) is 5.73 Å². The zero-order valence-corrected chi connectivity index (χ0v) is 22.8. The van der Waals surface area contributed by atoms with Crippen molar-refractivity contribution in [3.8, 4) is 11.5 Å². The standard InChI is InChI=1S/C27H40N10O3/c28-26(29)33-9-1-8-31-19-3-5-20(6-4-19)37-17-23-24(35-27(37)39)34-21-16-18(2-7-22(21)40-23)25(38)32-12-15-36-13-10-30-11-14-36/h2,7,16-17,19-20,30-31H,1,3-6,8-15H2,(H,32,38)(H4,28,29,33)(H,34,35,39)/t19-,20-. The average molecular weight is 553 g/mol. The molecule has 2 aromatic rings. The van der Waals surface area contributed by atoms with E-state index >= 15 is 0 Å². The van der Waals surface area contributed by atoms with Gasteiger partial charge in [0.05, 0.1) is 11.9 Å². The lowest BCUT2D eigenvalue weighted by atomic mass is 9.91. The first-order chi connectivity index (χ1) is 19.5. The molecule has 8 N–H and O–H groups in total. The van der Waals surface area contributed by atoms with Gasteiger partial charge in [0.1, 0.15) is 0 Å². The van der Waals surface area contributed by atoms with Crippen LogP contribution in [0, 0.1) is 5.41 Å². The van der Waals surface area contributed by atoms with Crippen LogP contribution < -0.4 is 42.7 Å². The van der Waals surface area contributed by atoms with Crippen LogP contribution in [0.2, 0.25) is 0 Å². The summed E-state index contributed by atoms with van der Waals surface area (Å²) in [4.78, 5) is 32.3. The van der Waals surface area contributed by atoms with E-state index in [1.165, 1.54) is 0 Å². The van der Waals surface area contributed by atoms with E-state index in [1.807, 2.05) is 0 Å². The number of nitrogens with zero attached hydrogens (tertiary/aromatic N) is 3. The van der Waals surface area contributed by atoms with E-state index in [9.17, 15) is 9.59 Å². The fraction of sp³-hybridized carbons (Fsp3) is 0.556. The van der Waals surface area contributed by atoms with E-state index in [1.54, 1.807) is 29.0 Å². The zero-order chi connectivity index (χ0) is 27.9. The second-order valence-corrected chi connectivity index (χ2v) is 10.6. The lowest BCUT2D eigenvalue weighted by Gasteiger charge is -2.31. The number of amides is 1. The van der Waals surface area contributed by atoms with Gasteiger partial charge in [0, 0.05) is 63.5 Å². The zero-order valence-electron chi connectivity index (χ0n) is 22.8. The first-order valence-electron chi connectivity index (χ1n) is 14.2. The number of hydrogen-bond acceptors (Lipinski definition) is 9. The second kappa shape index (κ2) is 13.1. The molecule has 0 atom stereocenters. The number of carbonyl (C=O) groups excluding carboxylic acids is 1. The van der Waals surface area contributed by atoms with Crippen molar-refractivity contribution in [2.45, 2.75) is 44.2 Å². The molecule has 1 aliphatic carbocycles. The van der Waals surface area contributed by atoms with Gasteiger partial charge in [0.2, 0.25) is 0 Å². The molecule has 13 heteroatoms. The number of carbonyl (C=O) groups is 1. The number of fused-ring (bicyclic) bond motifs is 2. The van der Waals surface area contributed by atoms with Gasteiger partial charge in [-0.15, -0.1) is 0 Å². The summed E-state index contributed by atoms with van der Waals surface area (Å²) in [6.07, 6.45) is 6.33. The number of rotatable bonds is 10. The number of piperazine rings is 1. The van der Waals surface area contributed by atoms with Gasteiger partial charge in [-0.05, 0) is 56.8 Å². The summed E-state index contributed by atoms with van der Waals surface area (Å²) in [5, 5.41) is 23.1. The topological polar surface area (TPSA) is 174 Å². The average Bonchev–Trinajstić information content (AvgIpc) is 2.96. The maximum Gasteiger partial charge on any atom is 0.350 e. The van der Waals surface area contributed by atoms with E-state index < -0.39 is 0 Å². The van der Waals surface area contributed by atoms with Crippen molar-refractivity contribution in [1.29, 1.82) is 5.41 Å². The summed E-state index contributed by atoms with van der Waals surface area (Å²) in [6, 6.07) is 5.73. The molecular weight excluding hydrogens is 512 g/mol. The highest BCUT2D eigenvalue weighted by atomic mass is 16.5. The lowest BCUT2D eigenvalue weighted by Crippen LogP contribution is -2.46. The first kappa shape index (κ1) is 27.9. The van der Waals surface area contributed by atoms with E-state index in [0.717, 1.165) is 71.4 Å². The smallest absolute Gasteiger partial charge is 0.350 e. The molecule has 3 aliphatic rings. The minimum absolute atomic E-state index is 0.00305. The van der Waals surface area contributed by atoms with Crippen molar-refractivity contribution >= 4 is 23.4 Å². The van der Waals surface area contributed by atoms with Crippen molar-refractivity contribution in [3.05, 3.63) is 40.4 Å². The van der Waals surface area contributed by atoms with Crippen LogP contribution in [0.5, 0.6) is 11.5 Å². The number of benzene rings is 1. The summed E-state index contributed by atoms with van der Waals surface area (Å²) in [6.45, 7) is 6.88. The number of ether oxygens (including phenoxy) is 1. The van der Waals surface area contributed by atoms with Crippen LogP contribution in [0.1, 0.15) is 48.5 Å². The minimum Gasteiger partial charge on any atom is -0.450 e. The predicted octanol–water partition coefficient (Wildman–Crippen LogP) is 0.674. The van der Waals surface area contributed by atoms with Crippen molar-refractivity contribution in [3.63, 3.8) is 0 Å². The molecule has 13 nitrogen and oxygen atoms in total. The van der Waals surface area contributed by atoms with Crippen LogP contribution in [0.25, 0.3) is 0 Å². The number of nitrogens with two attached hydrogens (primary N) is 1. The van der Waals surface area contributed by atoms with Gasteiger partial charge in [-0.2, -0.15) is 4.98 Å². The fourth-order valence-electron chi connectivity index (χ4n) is 5.52. The molecule has 0 radical (unpaired) electrons. The Labute approximate surface area is 233 Å². The van der Waals surface area contributed by atoms with Gasteiger partial charge < -0.3 is 37.1 Å². The SMILES string of the molecule is N=C(N)NCCCN[C@H]1CC[C@H](n2cc3c(nc2=O)Nc2cc(C(=O)NCCN4CCNCC4)ccc2O3)CC1. The molecule has 0 bridgehead atoms. The Morgan fingerprint density at radius 3 is 2.67 bits per heavy atom. The number of nitrogens with one attached hydrogen (secondary N) is 6. The van der Waals surface area contributed by atoms with Crippen LogP contribution in [0.15, 0.2) is 29.2 Å². The van der Waals surface area contributed by atoms with Crippen LogP contribution in [0.4, 0.5) is 11.5 Å². The Balaban J connectivity index is 1.14. The predicted molar refractivity (Wildman–Crippen MR) is 154 cm³/mol. The molecule has 5 rings (SSSR count). The summed E-state index contributed by atoms with van der Waals surface area (Å²) in [7, 11) is 0. The van der Waals surface area contributed by atoms with E-state index in [2.05, 4.69) is 36.5 Å². The third-order valence-corrected chi connectivity index (χ3v) is 7.75. The molecule has 1 saturated carbocycles. The van der Waals surface area contributed by atoms with Crippen LogP contribution in [-0.2, 0) is 0 Å². The van der Waals surface area contributed by atoms with Crippen LogP contribution >= 0.6 is 0 Å². The maximum atomic E-state index is 12.9. The van der Waals surface area contributed by atoms with Gasteiger partial charge >= 0.3 is 5.69 Å². The quantitative estimate of drug-likeness (QED) is 0.108. The van der Waals surface area contributed by atoms with Crippen LogP contribution in [-0.4, -0.2) is 84.7 Å². The molecule has 0 unspecified atom stereocenters. The molecule has 40 heavy (non-hydrogen) atoms. The Hall–Kier alpha value is -3.68. The highest BCUT2D eigenvalue weighted by molar-refractivity contribution is 5.96. The van der Waals surface area contributed by atoms with Crippen molar-refractivity contribution in [2.75, 3.05) is 57.7 Å².